The molecule has 0 unspecified atom stereocenters. The summed E-state index contributed by atoms with van der Waals surface area (Å²) < 4.78 is 0. The minimum absolute atomic E-state index is 0.114. The van der Waals surface area contributed by atoms with E-state index in [0.29, 0.717) is 0 Å². The molecule has 63 heavy (non-hydrogen) atoms. The minimum atomic E-state index is -0.294. The van der Waals surface area contributed by atoms with Crippen LogP contribution < -0.4 is 0 Å². The van der Waals surface area contributed by atoms with Gasteiger partial charge in [0.05, 0.1) is 0 Å². The molecule has 11 aromatic carbocycles. The third-order valence-corrected chi connectivity index (χ3v) is 14.7. The Morgan fingerprint density at radius 2 is 0.698 bits per heavy atom. The molecule has 302 valence electrons. The van der Waals surface area contributed by atoms with E-state index < -0.39 is 0 Å². The summed E-state index contributed by atoms with van der Waals surface area (Å²) in [4.78, 5) is 0. The summed E-state index contributed by atoms with van der Waals surface area (Å²) in [5.41, 5.74) is 12.7. The summed E-state index contributed by atoms with van der Waals surface area (Å²) in [5, 5.41) is 15.6. The van der Waals surface area contributed by atoms with E-state index in [0.717, 1.165) is 0 Å². The smallest absolute Gasteiger partial charge is 0.0324 e. The van der Waals surface area contributed by atoms with Gasteiger partial charge in [0.15, 0.2) is 0 Å². The largest absolute Gasteiger partial charge is 0.0616 e. The van der Waals surface area contributed by atoms with Gasteiger partial charge in [0.1, 0.15) is 0 Å². The van der Waals surface area contributed by atoms with E-state index in [1.807, 2.05) is 0 Å². The van der Waals surface area contributed by atoms with Crippen LogP contribution in [0.1, 0.15) is 52.7 Å². The van der Waals surface area contributed by atoms with E-state index in [2.05, 4.69) is 236 Å². The molecule has 0 radical (unpaired) electrons. The lowest BCUT2D eigenvalue weighted by Gasteiger charge is -2.54. The summed E-state index contributed by atoms with van der Waals surface area (Å²) in [6.07, 6.45) is 0. The Balaban J connectivity index is 1.10. The van der Waals surface area contributed by atoms with Crippen LogP contribution >= 0.6 is 0 Å². The van der Waals surface area contributed by atoms with Crippen LogP contribution in [0.3, 0.4) is 0 Å². The monoisotopic (exact) mass is 806 g/mol. The Labute approximate surface area is 370 Å². The maximum absolute atomic E-state index is 2.49. The van der Waals surface area contributed by atoms with Gasteiger partial charge in [-0.25, -0.2) is 0 Å². The predicted octanol–water partition coefficient (Wildman–Crippen LogP) is 18.0. The molecule has 11 aromatic rings. The first-order valence-electron chi connectivity index (χ1n) is 22.6. The lowest BCUT2D eigenvalue weighted by Crippen LogP contribution is -2.50. The standard InChI is InChI=1S/C63H50/c1-61(2,3)63(62(4,5)6)59-46-34-33-45(38-43(46)32-35-55(59)58-49-24-11-9-22-47(49)48-23-10-16-29-54(48)60(58)63)57-52-27-14-12-25-50(52)56(51-26-13-15-28-53(51)57)44-21-17-20-41(37-44)42-31-30-39-18-7-8-19-40(39)36-42/h7-38H,1-6H3. The topological polar surface area (TPSA) is 0 Å². The van der Waals surface area contributed by atoms with Crippen LogP contribution in [0.5, 0.6) is 0 Å². The molecule has 0 heterocycles. The van der Waals surface area contributed by atoms with E-state index in [-0.39, 0.29) is 16.2 Å². The minimum Gasteiger partial charge on any atom is -0.0616 e. The molecule has 0 aliphatic heterocycles. The molecular weight excluding hydrogens is 757 g/mol. The highest BCUT2D eigenvalue weighted by Crippen LogP contribution is 2.68. The third kappa shape index (κ3) is 5.28. The van der Waals surface area contributed by atoms with Crippen LogP contribution in [0.2, 0.25) is 0 Å². The van der Waals surface area contributed by atoms with E-state index in [1.54, 1.807) is 0 Å². The number of rotatable bonds is 3. The van der Waals surface area contributed by atoms with Gasteiger partial charge in [-0.15, -0.1) is 0 Å². The van der Waals surface area contributed by atoms with Crippen molar-refractivity contribution < 1.29 is 0 Å². The second-order valence-corrected chi connectivity index (χ2v) is 20.0. The molecule has 0 heteroatoms. The molecule has 0 nitrogen and oxygen atoms in total. The summed E-state index contributed by atoms with van der Waals surface area (Å²) >= 11 is 0. The molecule has 0 saturated heterocycles. The van der Waals surface area contributed by atoms with Crippen molar-refractivity contribution in [3.8, 4) is 44.5 Å². The summed E-state index contributed by atoms with van der Waals surface area (Å²) in [6, 6.07) is 73.2. The average molecular weight is 807 g/mol. The molecule has 0 atom stereocenters. The molecule has 0 aromatic heterocycles. The van der Waals surface area contributed by atoms with Crippen molar-refractivity contribution in [1.29, 1.82) is 0 Å². The van der Waals surface area contributed by atoms with Gasteiger partial charge in [0, 0.05) is 5.41 Å². The van der Waals surface area contributed by atoms with Gasteiger partial charge in [-0.1, -0.05) is 217 Å². The first-order valence-corrected chi connectivity index (χ1v) is 22.6. The van der Waals surface area contributed by atoms with Crippen molar-refractivity contribution in [2.75, 3.05) is 0 Å². The van der Waals surface area contributed by atoms with E-state index in [9.17, 15) is 0 Å². The highest BCUT2D eigenvalue weighted by atomic mass is 14.6. The third-order valence-electron chi connectivity index (χ3n) is 14.7. The summed E-state index contributed by atoms with van der Waals surface area (Å²) in [5.74, 6) is 0. The van der Waals surface area contributed by atoms with Crippen molar-refractivity contribution >= 4 is 64.6 Å². The number of hydrogen-bond donors (Lipinski definition) is 0. The number of benzene rings is 11. The second kappa shape index (κ2) is 13.5. The van der Waals surface area contributed by atoms with Crippen molar-refractivity contribution in [3.05, 3.63) is 205 Å². The van der Waals surface area contributed by atoms with Gasteiger partial charge in [-0.05, 0) is 149 Å². The van der Waals surface area contributed by atoms with Crippen LogP contribution in [-0.4, -0.2) is 0 Å². The van der Waals surface area contributed by atoms with E-state index in [1.165, 1.54) is 120 Å². The Hall–Kier alpha value is -7.02. The predicted molar refractivity (Wildman–Crippen MR) is 273 cm³/mol. The fraction of sp³-hybridized carbons (Fsp3) is 0.143. The maximum Gasteiger partial charge on any atom is 0.0324 e. The Bertz CT molecular complexity index is 3620. The lowest BCUT2D eigenvalue weighted by molar-refractivity contribution is 0.0977. The molecule has 0 saturated carbocycles. The molecule has 0 bridgehead atoms. The van der Waals surface area contributed by atoms with E-state index in [4.69, 9.17) is 0 Å². The lowest BCUT2D eigenvalue weighted by atomic mass is 9.49. The zero-order valence-corrected chi connectivity index (χ0v) is 37.0. The molecule has 12 rings (SSSR count). The van der Waals surface area contributed by atoms with Crippen molar-refractivity contribution in [2.24, 2.45) is 10.8 Å². The zero-order chi connectivity index (χ0) is 42.8. The Morgan fingerprint density at radius 1 is 0.270 bits per heavy atom. The van der Waals surface area contributed by atoms with E-state index >= 15 is 0 Å². The zero-order valence-electron chi connectivity index (χ0n) is 37.0. The number of hydrogen-bond acceptors (Lipinski definition) is 0. The van der Waals surface area contributed by atoms with Gasteiger partial charge in [0.25, 0.3) is 0 Å². The molecule has 1 aliphatic carbocycles. The van der Waals surface area contributed by atoms with Crippen LogP contribution in [0.15, 0.2) is 194 Å². The SMILES string of the molecule is CC(C)(C)C1(C(C)(C)C)c2c(ccc3cc(-c4c5ccccc5c(-c5cccc(-c6ccc7ccccc7c6)c5)c5ccccc45)ccc23)-c2c1c1ccccc1c1ccccc21. The first kappa shape index (κ1) is 37.7. The fourth-order valence-electron chi connectivity index (χ4n) is 12.6. The molecule has 0 fully saturated rings. The molecule has 0 N–H and O–H groups in total. The van der Waals surface area contributed by atoms with Gasteiger partial charge < -0.3 is 0 Å². The maximum atomic E-state index is 2.49. The Kier molecular flexibility index (Phi) is 8.08. The first-order chi connectivity index (χ1) is 30.5. The summed E-state index contributed by atoms with van der Waals surface area (Å²) in [7, 11) is 0. The molecule has 0 amide bonds. The normalized spacial score (nSPS) is 13.7. The highest BCUT2D eigenvalue weighted by Gasteiger charge is 2.59. The Morgan fingerprint density at radius 3 is 1.30 bits per heavy atom. The van der Waals surface area contributed by atoms with Crippen molar-refractivity contribution in [3.63, 3.8) is 0 Å². The van der Waals surface area contributed by atoms with Gasteiger partial charge >= 0.3 is 0 Å². The molecular formula is C63H50. The second-order valence-electron chi connectivity index (χ2n) is 20.0. The van der Waals surface area contributed by atoms with Gasteiger partial charge in [0.2, 0.25) is 0 Å². The van der Waals surface area contributed by atoms with Crippen LogP contribution in [0, 0.1) is 10.8 Å². The van der Waals surface area contributed by atoms with Crippen LogP contribution in [0.4, 0.5) is 0 Å². The summed E-state index contributed by atoms with van der Waals surface area (Å²) in [6.45, 7) is 14.9. The molecule has 1 aliphatic rings. The average Bonchev–Trinajstić information content (AvgIpc) is 3.65. The van der Waals surface area contributed by atoms with Gasteiger partial charge in [-0.3, -0.25) is 0 Å². The van der Waals surface area contributed by atoms with Crippen molar-refractivity contribution in [2.45, 2.75) is 47.0 Å². The van der Waals surface area contributed by atoms with Crippen LogP contribution in [0.25, 0.3) is 109 Å². The fourth-order valence-corrected chi connectivity index (χ4v) is 12.6. The van der Waals surface area contributed by atoms with Crippen molar-refractivity contribution in [1.82, 2.24) is 0 Å². The van der Waals surface area contributed by atoms with Gasteiger partial charge in [-0.2, -0.15) is 0 Å². The molecule has 0 spiro atoms. The quantitative estimate of drug-likeness (QED) is 0.123. The number of fused-ring (bicyclic) bond motifs is 13. The van der Waals surface area contributed by atoms with Crippen LogP contribution in [-0.2, 0) is 5.41 Å². The highest BCUT2D eigenvalue weighted by molar-refractivity contribution is 6.23.